The van der Waals surface area contributed by atoms with E-state index in [1.54, 1.807) is 0 Å². The van der Waals surface area contributed by atoms with E-state index in [9.17, 15) is 54.6 Å². The molecule has 0 bridgehead atoms. The zero-order chi connectivity index (χ0) is 41.1. The van der Waals surface area contributed by atoms with Crippen molar-refractivity contribution in [3.63, 3.8) is 0 Å². The van der Waals surface area contributed by atoms with E-state index in [1.807, 2.05) is 0 Å². The summed E-state index contributed by atoms with van der Waals surface area (Å²) in [6.45, 7) is 5.17. The average Bonchev–Trinajstić information content (AvgIpc) is 3.13. The quantitative estimate of drug-likeness (QED) is 0.0756. The number of cyclic esters (lactones) is 1. The van der Waals surface area contributed by atoms with E-state index < -0.39 is 139 Å². The van der Waals surface area contributed by atoms with Crippen LogP contribution in [0.5, 0.6) is 11.5 Å². The van der Waals surface area contributed by atoms with Crippen LogP contribution in [0.25, 0.3) is 0 Å². The van der Waals surface area contributed by atoms with E-state index in [0.717, 1.165) is 39.2 Å². The number of rotatable bonds is 12. The summed E-state index contributed by atoms with van der Waals surface area (Å²) in [5.74, 6) is -7.44. The van der Waals surface area contributed by atoms with Crippen LogP contribution in [0.15, 0.2) is 42.7 Å². The molecule has 0 amide bonds. The van der Waals surface area contributed by atoms with E-state index >= 15 is 0 Å². The van der Waals surface area contributed by atoms with Crippen molar-refractivity contribution in [1.82, 2.24) is 0 Å². The van der Waals surface area contributed by atoms with Crippen LogP contribution in [0, 0.1) is 5.92 Å². The molecule has 5 rings (SSSR count). The molecule has 21 nitrogen and oxygen atoms in total. The van der Waals surface area contributed by atoms with Crippen molar-refractivity contribution in [3.05, 3.63) is 48.3 Å². The van der Waals surface area contributed by atoms with E-state index in [-0.39, 0.29) is 18.6 Å². The highest BCUT2D eigenvalue weighted by Gasteiger charge is 2.57. The van der Waals surface area contributed by atoms with Crippen LogP contribution in [-0.4, -0.2) is 154 Å². The van der Waals surface area contributed by atoms with Gasteiger partial charge in [0, 0.05) is 27.2 Å². The molecule has 3 fully saturated rings. The zero-order valence-electron chi connectivity index (χ0n) is 30.2. The first kappa shape index (κ1) is 42.3. The summed E-state index contributed by atoms with van der Waals surface area (Å²) >= 11 is 0. The molecule has 308 valence electrons. The first-order chi connectivity index (χ1) is 26.5. The molecule has 3 saturated heterocycles. The van der Waals surface area contributed by atoms with E-state index in [0.29, 0.717) is 0 Å². The summed E-state index contributed by atoms with van der Waals surface area (Å²) in [6.07, 6.45) is -16.6. The Morgan fingerprint density at radius 2 is 1.57 bits per heavy atom. The molecule has 4 aliphatic heterocycles. The highest BCUT2D eigenvalue weighted by molar-refractivity contribution is 5.93. The Bertz CT molecular complexity index is 1690. The fourth-order valence-electron chi connectivity index (χ4n) is 6.55. The first-order valence-electron chi connectivity index (χ1n) is 17.2. The maximum atomic E-state index is 13.8. The third-order valence-electron chi connectivity index (χ3n) is 9.29. The molecule has 21 heteroatoms. The molecule has 0 unspecified atom stereocenters. The number of esters is 5. The van der Waals surface area contributed by atoms with Crippen LogP contribution in [0.1, 0.15) is 37.6 Å². The molecular weight excluding hydrogens is 756 g/mol. The molecule has 6 N–H and O–H groups in total. The van der Waals surface area contributed by atoms with Gasteiger partial charge in [0.05, 0.1) is 25.4 Å². The number of phenols is 1. The van der Waals surface area contributed by atoms with Crippen molar-refractivity contribution in [1.29, 1.82) is 0 Å². The maximum absolute atomic E-state index is 13.8. The summed E-state index contributed by atoms with van der Waals surface area (Å²) in [6, 6.07) is 3.45. The predicted molar refractivity (Wildman–Crippen MR) is 176 cm³/mol. The second kappa shape index (κ2) is 17.5. The maximum Gasteiger partial charge on any atom is 0.342 e. The van der Waals surface area contributed by atoms with Gasteiger partial charge in [-0.15, -0.1) is 6.58 Å². The summed E-state index contributed by atoms with van der Waals surface area (Å²) in [4.78, 5) is 63.1. The van der Waals surface area contributed by atoms with Gasteiger partial charge in [-0.1, -0.05) is 12.1 Å². The number of hydrogen-bond acceptors (Lipinski definition) is 21. The number of phenolic OH excluding ortho intramolecular Hbond substituents is 1. The van der Waals surface area contributed by atoms with Crippen molar-refractivity contribution in [2.24, 2.45) is 5.92 Å². The molecule has 56 heavy (non-hydrogen) atoms. The fraction of sp³-hybridized carbons (Fsp3) is 0.571. The Morgan fingerprint density at radius 3 is 2.21 bits per heavy atom. The van der Waals surface area contributed by atoms with E-state index in [2.05, 4.69) is 6.58 Å². The largest absolute Gasteiger partial charge is 0.504 e. The van der Waals surface area contributed by atoms with Crippen molar-refractivity contribution in [2.75, 3.05) is 19.8 Å². The van der Waals surface area contributed by atoms with Gasteiger partial charge in [0.15, 0.2) is 29.8 Å². The molecule has 1 aromatic carbocycles. The van der Waals surface area contributed by atoms with Gasteiger partial charge in [0.2, 0.25) is 18.9 Å². The Balaban J connectivity index is 1.46. The van der Waals surface area contributed by atoms with Crippen molar-refractivity contribution < 1.29 is 102 Å². The lowest BCUT2D eigenvalue weighted by atomic mass is 9.76. The lowest BCUT2D eigenvalue weighted by molar-refractivity contribution is -0.345. The fourth-order valence-corrected chi connectivity index (χ4v) is 6.55. The van der Waals surface area contributed by atoms with E-state index in [1.165, 1.54) is 12.1 Å². The first-order valence-corrected chi connectivity index (χ1v) is 17.2. The summed E-state index contributed by atoms with van der Waals surface area (Å²) in [7, 11) is 0. The summed E-state index contributed by atoms with van der Waals surface area (Å²) < 4.78 is 55.4. The monoisotopic (exact) mass is 798 g/mol. The molecule has 4 heterocycles. The van der Waals surface area contributed by atoms with Crippen LogP contribution in [0.4, 0.5) is 0 Å². The van der Waals surface area contributed by atoms with Crippen molar-refractivity contribution >= 4 is 29.8 Å². The third kappa shape index (κ3) is 8.74. The molecule has 13 atom stereocenters. The number of ether oxygens (including phenoxy) is 10. The van der Waals surface area contributed by atoms with Gasteiger partial charge in [-0.2, -0.15) is 0 Å². The van der Waals surface area contributed by atoms with Crippen LogP contribution in [-0.2, 0) is 61.8 Å². The highest BCUT2D eigenvalue weighted by atomic mass is 16.8. The van der Waals surface area contributed by atoms with Crippen LogP contribution in [0.3, 0.4) is 0 Å². The number of carbonyl (C=O) groups excluding carboxylic acids is 5. The van der Waals surface area contributed by atoms with Gasteiger partial charge in [-0.05, 0) is 12.1 Å². The summed E-state index contributed by atoms with van der Waals surface area (Å²) in [5, 5.41) is 62.8. The number of benzene rings is 1. The zero-order valence-corrected chi connectivity index (χ0v) is 30.2. The summed E-state index contributed by atoms with van der Waals surface area (Å²) in [5.41, 5.74) is -2.68. The topological polar surface area (TPSA) is 299 Å². The van der Waals surface area contributed by atoms with Crippen molar-refractivity contribution in [3.8, 4) is 11.5 Å². The molecule has 0 radical (unpaired) electrons. The molecule has 0 spiro atoms. The molecule has 4 aliphatic rings. The lowest BCUT2D eigenvalue weighted by Crippen LogP contribution is -2.64. The SMILES string of the molecule is C=C[C@H]1[C@@H](O[C@@H]2O[C@H](COC(C)=O)[C@@H](OC(=O)c3cccc(O[C@@H]4O[C@H](CO)[C@@H](O)[C@H](O)[C@H]4O)c3O)[C@H](OC(C)=O)[C@H]2OC(C)=O)OC=C2C(=O)OCC[C@]21O. The Morgan fingerprint density at radius 1 is 0.893 bits per heavy atom. The number of aliphatic hydroxyl groups excluding tert-OH is 4. The highest BCUT2D eigenvalue weighted by Crippen LogP contribution is 2.43. The normalized spacial score (nSPS) is 35.3. The number of aliphatic hydroxyl groups is 5. The number of fused-ring (bicyclic) bond motifs is 1. The molecule has 0 aliphatic carbocycles. The number of carbonyl (C=O) groups is 5. The second-order valence-corrected chi connectivity index (χ2v) is 13.1. The Hall–Kier alpha value is -4.87. The van der Waals surface area contributed by atoms with Gasteiger partial charge in [-0.25, -0.2) is 9.59 Å². The van der Waals surface area contributed by atoms with Gasteiger partial charge < -0.3 is 78.0 Å². The Labute approximate surface area is 317 Å². The second-order valence-electron chi connectivity index (χ2n) is 13.1. The van der Waals surface area contributed by atoms with Crippen LogP contribution in [0.2, 0.25) is 0 Å². The minimum absolute atomic E-state index is 0.0752. The average molecular weight is 799 g/mol. The molecule has 1 aromatic rings. The van der Waals surface area contributed by atoms with Gasteiger partial charge in [-0.3, -0.25) is 14.4 Å². The number of aromatic hydroxyl groups is 1. The van der Waals surface area contributed by atoms with Crippen LogP contribution < -0.4 is 4.74 Å². The minimum atomic E-state index is -1.88. The molecule has 0 saturated carbocycles. The number of hydrogen-bond donors (Lipinski definition) is 6. The number of para-hydroxylation sites is 1. The molecule has 0 aromatic heterocycles. The van der Waals surface area contributed by atoms with Crippen LogP contribution >= 0.6 is 0 Å². The standard InChI is InChI=1S/C35H42O21/c1-5-18-32(49-12-19-31(45)47-10-9-35(18,19)46)56-34-29(51-16(4)39)28(50-15(3)38)27(22(54-34)13-48-14(2)37)55-30(44)17-7-6-8-20(23(17)40)52-33-26(43)25(42)24(41)21(11-36)53-33/h5-8,12,18,21-22,24-29,32-34,36,40-43,46H,1,9-11,13H2,2-4H3/t18-,21+,22+,24+,25-,26+,27+,28-,29+,32+,33+,34-,35+/m0/s1. The molecular formula is C35H42O21. The minimum Gasteiger partial charge on any atom is -0.504 e. The van der Waals surface area contributed by atoms with Gasteiger partial charge in [0.25, 0.3) is 0 Å². The third-order valence-corrected chi connectivity index (χ3v) is 9.29. The van der Waals surface area contributed by atoms with Gasteiger partial charge in [0.1, 0.15) is 53.9 Å². The van der Waals surface area contributed by atoms with Gasteiger partial charge >= 0.3 is 29.8 Å². The predicted octanol–water partition coefficient (Wildman–Crippen LogP) is -2.02. The Kier molecular flexibility index (Phi) is 13.2. The van der Waals surface area contributed by atoms with Crippen molar-refractivity contribution in [2.45, 2.75) is 100 Å². The lowest BCUT2D eigenvalue weighted by Gasteiger charge is -2.47. The smallest absolute Gasteiger partial charge is 0.342 e. The van der Waals surface area contributed by atoms with E-state index in [4.69, 9.17) is 47.4 Å².